The van der Waals surface area contributed by atoms with Gasteiger partial charge in [-0.25, -0.2) is 0 Å². The smallest absolute Gasteiger partial charge is 0.305 e. The van der Waals surface area contributed by atoms with Crippen LogP contribution in [0.2, 0.25) is 0 Å². The average molecular weight is 802 g/mol. The molecule has 51 heavy (non-hydrogen) atoms. The first-order valence-corrected chi connectivity index (χ1v) is 16.0. The van der Waals surface area contributed by atoms with E-state index in [0.717, 1.165) is 48.5 Å². The fourth-order valence-electron chi connectivity index (χ4n) is 4.62. The van der Waals surface area contributed by atoms with Crippen molar-refractivity contribution in [2.75, 3.05) is 13.2 Å². The first-order chi connectivity index (χ1) is 23.6. The molecule has 2 saturated heterocycles. The Balaban J connectivity index is 0.000000514. The van der Waals surface area contributed by atoms with E-state index in [1.165, 1.54) is 13.8 Å². The summed E-state index contributed by atoms with van der Waals surface area (Å²) in [4.78, 5) is 102. The van der Waals surface area contributed by atoms with Crippen molar-refractivity contribution in [1.29, 1.82) is 0 Å². The third kappa shape index (κ3) is 16.0. The van der Waals surface area contributed by atoms with Gasteiger partial charge >= 0.3 is 53.7 Å². The summed E-state index contributed by atoms with van der Waals surface area (Å²) < 4.78 is 56.7. The molecule has 10 atom stereocenters. The molecule has 0 aromatic carbocycles. The molecule has 20 nitrogen and oxygen atoms in total. The monoisotopic (exact) mass is 800 g/mol. The highest BCUT2D eigenvalue weighted by Gasteiger charge is 2.54. The van der Waals surface area contributed by atoms with Gasteiger partial charge in [0.05, 0.1) is 0 Å². The summed E-state index contributed by atoms with van der Waals surface area (Å²) in [5.74, 6) is -6.23. The number of carbonyl (C=O) groups excluding carboxylic acids is 9. The van der Waals surface area contributed by atoms with Gasteiger partial charge in [-0.1, -0.05) is 15.9 Å². The summed E-state index contributed by atoms with van der Waals surface area (Å²) in [7, 11) is 0. The van der Waals surface area contributed by atoms with E-state index in [-0.39, 0.29) is 6.61 Å². The summed E-state index contributed by atoms with van der Waals surface area (Å²) >= 11 is 3.18. The quantitative estimate of drug-likeness (QED) is 0.152. The Morgan fingerprint density at radius 1 is 0.392 bits per heavy atom. The van der Waals surface area contributed by atoms with Crippen molar-refractivity contribution in [3.63, 3.8) is 0 Å². The largest absolute Gasteiger partial charge is 0.463 e. The van der Waals surface area contributed by atoms with Crippen molar-refractivity contribution in [3.8, 4) is 0 Å². The predicted octanol–water partition coefficient (Wildman–Crippen LogP) is 0.0970. The van der Waals surface area contributed by atoms with Crippen molar-refractivity contribution in [2.45, 2.75) is 122 Å². The Kier molecular flexibility index (Phi) is 18.5. The van der Waals surface area contributed by atoms with Gasteiger partial charge in [0.2, 0.25) is 12.4 Å². The number of rotatable bonds is 11. The lowest BCUT2D eigenvalue weighted by Crippen LogP contribution is -2.63. The Bertz CT molecular complexity index is 1300. The van der Waals surface area contributed by atoms with Gasteiger partial charge in [0, 0.05) is 62.3 Å². The second-order valence-corrected chi connectivity index (χ2v) is 11.6. The molecular formula is C30H41BrO20. The van der Waals surface area contributed by atoms with Gasteiger partial charge in [-0.3, -0.25) is 43.2 Å². The Labute approximate surface area is 300 Å². The maximum atomic E-state index is 11.5. The van der Waals surface area contributed by atoms with Crippen LogP contribution in [0.25, 0.3) is 0 Å². The number of halogens is 1. The van der Waals surface area contributed by atoms with Gasteiger partial charge in [-0.05, 0) is 0 Å². The SMILES string of the molecule is CC(=O)OCC1OC(Br)C(OC(C)=O)C(OC(C)=O)C1OC(C)=O.CC(=O)OCC1OC(OC(C)=O)C(OC(C)=O)C(OC(C)=O)C1OC(C)=O. The van der Waals surface area contributed by atoms with Crippen LogP contribution in [0, 0.1) is 0 Å². The van der Waals surface area contributed by atoms with Gasteiger partial charge in [0.15, 0.2) is 35.5 Å². The topological polar surface area (TPSA) is 255 Å². The summed E-state index contributed by atoms with van der Waals surface area (Å²) in [6.45, 7) is 9.60. The van der Waals surface area contributed by atoms with Crippen LogP contribution in [-0.4, -0.2) is 127 Å². The van der Waals surface area contributed by atoms with E-state index in [1.54, 1.807) is 0 Å². The van der Waals surface area contributed by atoms with E-state index in [2.05, 4.69) is 15.9 Å². The van der Waals surface area contributed by atoms with Crippen LogP contribution in [-0.2, 0) is 95.3 Å². The zero-order valence-corrected chi connectivity index (χ0v) is 30.8. The van der Waals surface area contributed by atoms with Gasteiger partial charge in [0.1, 0.15) is 25.4 Å². The molecule has 2 heterocycles. The van der Waals surface area contributed by atoms with Crippen molar-refractivity contribution in [3.05, 3.63) is 0 Å². The molecule has 0 saturated carbocycles. The molecule has 0 N–H and O–H groups in total. The van der Waals surface area contributed by atoms with Gasteiger partial charge < -0.3 is 52.1 Å². The maximum absolute atomic E-state index is 11.5. The Morgan fingerprint density at radius 2 is 0.686 bits per heavy atom. The molecule has 0 aromatic heterocycles. The third-order valence-corrected chi connectivity index (χ3v) is 6.90. The number of alkyl halides is 1. The Hall–Kier alpha value is -4.37. The van der Waals surface area contributed by atoms with Crippen molar-refractivity contribution < 1.29 is 95.3 Å². The fraction of sp³-hybridized carbons (Fsp3) is 0.700. The minimum Gasteiger partial charge on any atom is -0.463 e. The third-order valence-electron chi connectivity index (χ3n) is 6.16. The summed E-state index contributed by atoms with van der Waals surface area (Å²) in [6.07, 6.45) is -10.9. The number of esters is 9. The second-order valence-electron chi connectivity index (χ2n) is 10.7. The number of hydrogen-bond acceptors (Lipinski definition) is 20. The van der Waals surface area contributed by atoms with Crippen LogP contribution in [0.5, 0.6) is 0 Å². The number of hydrogen-bond donors (Lipinski definition) is 0. The lowest BCUT2D eigenvalue weighted by atomic mass is 9.98. The first kappa shape index (κ1) is 44.7. The molecule has 0 aliphatic carbocycles. The molecular weight excluding hydrogens is 760 g/mol. The van der Waals surface area contributed by atoms with Crippen LogP contribution in [0.15, 0.2) is 0 Å². The molecule has 2 aliphatic rings. The van der Waals surface area contributed by atoms with Crippen molar-refractivity contribution >= 4 is 69.7 Å². The predicted molar refractivity (Wildman–Crippen MR) is 165 cm³/mol. The molecule has 2 rings (SSSR count). The van der Waals surface area contributed by atoms with Crippen LogP contribution in [0.3, 0.4) is 0 Å². The minimum atomic E-state index is -1.48. The summed E-state index contributed by atoms with van der Waals surface area (Å²) in [5.41, 5.74) is 0. The highest BCUT2D eigenvalue weighted by atomic mass is 79.9. The molecule has 2 fully saturated rings. The van der Waals surface area contributed by atoms with E-state index in [1.807, 2.05) is 0 Å². The highest BCUT2D eigenvalue weighted by Crippen LogP contribution is 2.32. The molecule has 0 bridgehead atoms. The highest BCUT2D eigenvalue weighted by molar-refractivity contribution is 9.09. The molecule has 0 spiro atoms. The van der Waals surface area contributed by atoms with Gasteiger partial charge in [-0.2, -0.15) is 0 Å². The lowest BCUT2D eigenvalue weighted by Gasteiger charge is -2.43. The van der Waals surface area contributed by atoms with Crippen LogP contribution in [0.1, 0.15) is 62.3 Å². The molecule has 288 valence electrons. The zero-order valence-electron chi connectivity index (χ0n) is 29.2. The van der Waals surface area contributed by atoms with Crippen LogP contribution < -0.4 is 0 Å². The molecule has 0 radical (unpaired) electrons. The molecule has 0 aromatic rings. The molecule has 2 aliphatic heterocycles. The van der Waals surface area contributed by atoms with Crippen LogP contribution >= 0.6 is 15.9 Å². The van der Waals surface area contributed by atoms with E-state index >= 15 is 0 Å². The lowest BCUT2D eigenvalue weighted by molar-refractivity contribution is -0.300. The van der Waals surface area contributed by atoms with E-state index in [4.69, 9.17) is 52.1 Å². The van der Waals surface area contributed by atoms with E-state index < -0.39 is 120 Å². The average Bonchev–Trinajstić information content (AvgIpc) is 2.96. The van der Waals surface area contributed by atoms with Gasteiger partial charge in [-0.15, -0.1) is 0 Å². The zero-order chi connectivity index (χ0) is 39.2. The number of carbonyl (C=O) groups is 9. The molecule has 21 heteroatoms. The minimum absolute atomic E-state index is 0.236. The maximum Gasteiger partial charge on any atom is 0.305 e. The second kappa shape index (κ2) is 21.1. The number of ether oxygens (including phenoxy) is 11. The van der Waals surface area contributed by atoms with Crippen molar-refractivity contribution in [2.24, 2.45) is 0 Å². The normalized spacial score (nSPS) is 28.1. The standard InChI is InChI=1S/C16H22O11.C14H19BrO9/c1-7(17)22-6-12-13(23-8(2)18)14(24-9(3)19)15(25-10(4)20)16(27-12)26-11(5)21;1-6(16)20-5-10-11(21-7(2)17)12(22-8(3)18)13(14(15)24-10)23-9(4)19/h12-16H,6H2,1-5H3;10-14H,5H2,1-4H3. The first-order valence-electron chi connectivity index (χ1n) is 15.0. The fourth-order valence-corrected chi connectivity index (χ4v) is 5.31. The Morgan fingerprint density at radius 3 is 1.04 bits per heavy atom. The molecule has 10 unspecified atom stereocenters. The summed E-state index contributed by atoms with van der Waals surface area (Å²) in [6, 6.07) is 0. The van der Waals surface area contributed by atoms with Crippen LogP contribution in [0.4, 0.5) is 0 Å². The van der Waals surface area contributed by atoms with E-state index in [9.17, 15) is 43.2 Å². The van der Waals surface area contributed by atoms with Crippen molar-refractivity contribution in [1.82, 2.24) is 0 Å². The van der Waals surface area contributed by atoms with E-state index in [0.29, 0.717) is 0 Å². The summed E-state index contributed by atoms with van der Waals surface area (Å²) in [5, 5.41) is -0.863. The molecule has 0 amide bonds. The van der Waals surface area contributed by atoms with Gasteiger partial charge in [0.25, 0.3) is 0 Å².